The van der Waals surface area contributed by atoms with Crippen LogP contribution in [0.2, 0.25) is 0 Å². The predicted octanol–water partition coefficient (Wildman–Crippen LogP) is 4.75. The summed E-state index contributed by atoms with van der Waals surface area (Å²) in [6.45, 7) is 2.24. The zero-order valence-corrected chi connectivity index (χ0v) is 15.9. The standard InChI is InChI=1S/C22H20N2O2S/c1-14-11-12-18-19(13-14)27-22(23-18)24-21(26)17-10-6-5-9-16(17)20(25)15-7-3-2-4-8-15/h2-10,14H,11-13H2,1H3,(H,23,24,26). The van der Waals surface area contributed by atoms with E-state index in [9.17, 15) is 9.59 Å². The number of rotatable bonds is 4. The molecule has 1 atom stereocenters. The molecule has 0 radical (unpaired) electrons. The largest absolute Gasteiger partial charge is 0.298 e. The van der Waals surface area contributed by atoms with E-state index >= 15 is 0 Å². The fourth-order valence-corrected chi connectivity index (χ4v) is 4.55. The van der Waals surface area contributed by atoms with E-state index < -0.39 is 0 Å². The van der Waals surface area contributed by atoms with E-state index in [1.165, 1.54) is 4.88 Å². The maximum Gasteiger partial charge on any atom is 0.258 e. The SMILES string of the molecule is CC1CCc2nc(NC(=O)c3ccccc3C(=O)c3ccccc3)sc2C1. The normalized spacial score (nSPS) is 15.8. The lowest BCUT2D eigenvalue weighted by Crippen LogP contribution is -2.17. The second kappa shape index (κ2) is 7.45. The van der Waals surface area contributed by atoms with Gasteiger partial charge in [-0.25, -0.2) is 4.98 Å². The first kappa shape index (κ1) is 17.6. The Bertz CT molecular complexity index is 995. The summed E-state index contributed by atoms with van der Waals surface area (Å²) in [6, 6.07) is 15.9. The fraction of sp³-hybridized carbons (Fsp3) is 0.227. The van der Waals surface area contributed by atoms with Crippen molar-refractivity contribution in [3.05, 3.63) is 81.9 Å². The number of aryl methyl sites for hydroxylation is 1. The van der Waals surface area contributed by atoms with E-state index in [1.807, 2.05) is 18.2 Å². The van der Waals surface area contributed by atoms with Gasteiger partial charge in [0.25, 0.3) is 5.91 Å². The van der Waals surface area contributed by atoms with E-state index in [0.29, 0.717) is 27.7 Å². The van der Waals surface area contributed by atoms with Gasteiger partial charge in [0, 0.05) is 16.0 Å². The lowest BCUT2D eigenvalue weighted by atomic mass is 9.93. The van der Waals surface area contributed by atoms with Crippen molar-refractivity contribution in [3.63, 3.8) is 0 Å². The molecule has 0 saturated heterocycles. The molecule has 4 nitrogen and oxygen atoms in total. The number of hydrogen-bond acceptors (Lipinski definition) is 4. The van der Waals surface area contributed by atoms with Gasteiger partial charge in [-0.3, -0.25) is 14.9 Å². The number of amides is 1. The Morgan fingerprint density at radius 2 is 1.74 bits per heavy atom. The average Bonchev–Trinajstić information content (AvgIpc) is 3.09. The second-order valence-corrected chi connectivity index (χ2v) is 8.02. The Morgan fingerprint density at radius 1 is 1.04 bits per heavy atom. The molecule has 3 aromatic rings. The highest BCUT2D eigenvalue weighted by Gasteiger charge is 2.22. The number of fused-ring (bicyclic) bond motifs is 1. The Balaban J connectivity index is 1.59. The molecule has 27 heavy (non-hydrogen) atoms. The smallest absolute Gasteiger partial charge is 0.258 e. The summed E-state index contributed by atoms with van der Waals surface area (Å²) in [4.78, 5) is 31.5. The Hall–Kier alpha value is -2.79. The summed E-state index contributed by atoms with van der Waals surface area (Å²) in [5.41, 5.74) is 2.43. The number of nitrogens with one attached hydrogen (secondary N) is 1. The van der Waals surface area contributed by atoms with Crippen molar-refractivity contribution < 1.29 is 9.59 Å². The number of aromatic nitrogens is 1. The summed E-state index contributed by atoms with van der Waals surface area (Å²) < 4.78 is 0. The van der Waals surface area contributed by atoms with Crippen LogP contribution in [-0.2, 0) is 12.8 Å². The van der Waals surface area contributed by atoms with Gasteiger partial charge >= 0.3 is 0 Å². The third-order valence-electron chi connectivity index (χ3n) is 4.86. The van der Waals surface area contributed by atoms with E-state index in [4.69, 9.17) is 0 Å². The molecule has 5 heteroatoms. The van der Waals surface area contributed by atoms with Gasteiger partial charge in [0.05, 0.1) is 11.3 Å². The minimum atomic E-state index is -0.297. The van der Waals surface area contributed by atoms with Gasteiger partial charge in [-0.05, 0) is 31.2 Å². The molecule has 1 aliphatic rings. The van der Waals surface area contributed by atoms with E-state index in [1.54, 1.807) is 47.7 Å². The third kappa shape index (κ3) is 3.69. The topological polar surface area (TPSA) is 59.1 Å². The predicted molar refractivity (Wildman–Crippen MR) is 108 cm³/mol. The van der Waals surface area contributed by atoms with E-state index in [0.717, 1.165) is 25.0 Å². The zero-order valence-electron chi connectivity index (χ0n) is 15.1. The van der Waals surface area contributed by atoms with Crippen LogP contribution in [0.4, 0.5) is 5.13 Å². The second-order valence-electron chi connectivity index (χ2n) is 6.93. The van der Waals surface area contributed by atoms with Crippen molar-refractivity contribution in [2.24, 2.45) is 5.92 Å². The van der Waals surface area contributed by atoms with Gasteiger partial charge in [0.2, 0.25) is 0 Å². The van der Waals surface area contributed by atoms with Crippen LogP contribution in [0.5, 0.6) is 0 Å². The summed E-state index contributed by atoms with van der Waals surface area (Å²) >= 11 is 1.54. The van der Waals surface area contributed by atoms with Crippen molar-refractivity contribution in [2.75, 3.05) is 5.32 Å². The highest BCUT2D eigenvalue weighted by atomic mass is 32.1. The fourth-order valence-electron chi connectivity index (χ4n) is 3.38. The van der Waals surface area contributed by atoms with Crippen molar-refractivity contribution in [1.82, 2.24) is 4.98 Å². The molecule has 0 spiro atoms. The van der Waals surface area contributed by atoms with Crippen LogP contribution in [0.15, 0.2) is 54.6 Å². The first-order valence-electron chi connectivity index (χ1n) is 9.10. The molecule has 0 fully saturated rings. The lowest BCUT2D eigenvalue weighted by molar-refractivity contribution is 0.0996. The molecular formula is C22H20N2O2S. The molecule has 2 aromatic carbocycles. The Labute approximate surface area is 162 Å². The number of nitrogens with zero attached hydrogens (tertiary/aromatic N) is 1. The highest BCUT2D eigenvalue weighted by Crippen LogP contribution is 2.32. The van der Waals surface area contributed by atoms with Crippen LogP contribution in [0.3, 0.4) is 0 Å². The van der Waals surface area contributed by atoms with Crippen LogP contribution < -0.4 is 5.32 Å². The molecule has 4 rings (SSSR count). The van der Waals surface area contributed by atoms with Crippen LogP contribution in [0, 0.1) is 5.92 Å². The first-order chi connectivity index (χ1) is 13.1. The summed E-state index contributed by atoms with van der Waals surface area (Å²) in [5.74, 6) is 0.202. The number of ketones is 1. The third-order valence-corrected chi connectivity index (χ3v) is 5.89. The highest BCUT2D eigenvalue weighted by molar-refractivity contribution is 7.15. The van der Waals surface area contributed by atoms with Gasteiger partial charge in [0.15, 0.2) is 10.9 Å². The van der Waals surface area contributed by atoms with Crippen LogP contribution >= 0.6 is 11.3 Å². The molecule has 1 aromatic heterocycles. The summed E-state index contributed by atoms with van der Waals surface area (Å²) in [6.07, 6.45) is 3.12. The number of thiazole rings is 1. The molecule has 0 bridgehead atoms. The van der Waals surface area contributed by atoms with Crippen molar-refractivity contribution in [2.45, 2.75) is 26.2 Å². The van der Waals surface area contributed by atoms with Crippen LogP contribution in [-0.4, -0.2) is 16.7 Å². The quantitative estimate of drug-likeness (QED) is 0.669. The molecule has 0 aliphatic heterocycles. The lowest BCUT2D eigenvalue weighted by Gasteiger charge is -2.15. The number of carbonyl (C=O) groups excluding carboxylic acids is 2. The van der Waals surface area contributed by atoms with Gasteiger partial charge in [-0.2, -0.15) is 0 Å². The van der Waals surface area contributed by atoms with Gasteiger partial charge in [-0.15, -0.1) is 11.3 Å². The summed E-state index contributed by atoms with van der Waals surface area (Å²) in [5, 5.41) is 3.51. The first-order valence-corrected chi connectivity index (χ1v) is 9.92. The number of carbonyl (C=O) groups is 2. The molecule has 1 N–H and O–H groups in total. The Morgan fingerprint density at radius 3 is 2.52 bits per heavy atom. The van der Waals surface area contributed by atoms with Crippen LogP contribution in [0.25, 0.3) is 0 Å². The van der Waals surface area contributed by atoms with E-state index in [-0.39, 0.29) is 11.7 Å². The molecule has 1 aliphatic carbocycles. The monoisotopic (exact) mass is 376 g/mol. The maximum absolute atomic E-state index is 12.9. The molecule has 0 saturated carbocycles. The molecular weight excluding hydrogens is 356 g/mol. The van der Waals surface area contributed by atoms with E-state index in [2.05, 4.69) is 17.2 Å². The zero-order chi connectivity index (χ0) is 18.8. The number of benzene rings is 2. The number of anilines is 1. The number of hydrogen-bond donors (Lipinski definition) is 1. The molecule has 1 amide bonds. The maximum atomic E-state index is 12.9. The van der Waals surface area contributed by atoms with Crippen molar-refractivity contribution in [1.29, 1.82) is 0 Å². The van der Waals surface area contributed by atoms with Gasteiger partial charge < -0.3 is 0 Å². The van der Waals surface area contributed by atoms with Gasteiger partial charge in [-0.1, -0.05) is 55.5 Å². The Kier molecular flexibility index (Phi) is 4.86. The average molecular weight is 376 g/mol. The van der Waals surface area contributed by atoms with Gasteiger partial charge in [0.1, 0.15) is 0 Å². The minimum Gasteiger partial charge on any atom is -0.298 e. The molecule has 1 heterocycles. The van der Waals surface area contributed by atoms with Crippen molar-refractivity contribution in [3.8, 4) is 0 Å². The summed E-state index contributed by atoms with van der Waals surface area (Å²) in [7, 11) is 0. The molecule has 1 unspecified atom stereocenters. The van der Waals surface area contributed by atoms with Crippen molar-refractivity contribution >= 4 is 28.2 Å². The minimum absolute atomic E-state index is 0.159. The molecule has 136 valence electrons. The van der Waals surface area contributed by atoms with Crippen LogP contribution in [0.1, 0.15) is 50.2 Å².